The van der Waals surface area contributed by atoms with Crippen molar-refractivity contribution in [2.45, 2.75) is 32.7 Å². The van der Waals surface area contributed by atoms with Crippen molar-refractivity contribution < 1.29 is 0 Å². The maximum Gasteiger partial charge on any atom is 0.293 e. The zero-order valence-electron chi connectivity index (χ0n) is 9.23. The van der Waals surface area contributed by atoms with Crippen LogP contribution >= 0.6 is 0 Å². The minimum absolute atomic E-state index is 0.0145. The van der Waals surface area contributed by atoms with Crippen LogP contribution in [0.5, 0.6) is 0 Å². The van der Waals surface area contributed by atoms with Gasteiger partial charge >= 0.3 is 0 Å². The smallest absolute Gasteiger partial charge is 0.293 e. The highest BCUT2D eigenvalue weighted by Gasteiger charge is 2.25. The molecule has 1 aromatic heterocycles. The Balaban J connectivity index is 2.16. The first kappa shape index (κ1) is 10.2. The standard InChI is InChI=1S/C11H17N3O/c1-8(2)7-13-10-11(15)14(6-5-12-10)9-3-4-9/h5-6,8-9H,3-4,7H2,1-2H3,(H,12,13). The topological polar surface area (TPSA) is 46.9 Å². The van der Waals surface area contributed by atoms with Gasteiger partial charge in [-0.25, -0.2) is 4.98 Å². The second kappa shape index (κ2) is 4.04. The Labute approximate surface area is 89.3 Å². The molecule has 1 N–H and O–H groups in total. The molecule has 0 radical (unpaired) electrons. The Morgan fingerprint density at radius 1 is 1.60 bits per heavy atom. The number of nitrogens with one attached hydrogen (secondary N) is 1. The molecule has 1 saturated carbocycles. The molecule has 0 aliphatic heterocycles. The minimum atomic E-state index is 0.0145. The van der Waals surface area contributed by atoms with E-state index in [1.165, 1.54) is 0 Å². The van der Waals surface area contributed by atoms with Gasteiger partial charge in [-0.2, -0.15) is 0 Å². The third-order valence-electron chi connectivity index (χ3n) is 2.49. The van der Waals surface area contributed by atoms with E-state index < -0.39 is 0 Å². The number of hydrogen-bond donors (Lipinski definition) is 1. The fourth-order valence-corrected chi connectivity index (χ4v) is 1.49. The van der Waals surface area contributed by atoms with Crippen molar-refractivity contribution in [3.8, 4) is 0 Å². The van der Waals surface area contributed by atoms with Crippen LogP contribution in [0.4, 0.5) is 5.82 Å². The lowest BCUT2D eigenvalue weighted by molar-refractivity contribution is 0.673. The van der Waals surface area contributed by atoms with Crippen molar-refractivity contribution in [3.63, 3.8) is 0 Å². The van der Waals surface area contributed by atoms with Crippen molar-refractivity contribution in [2.24, 2.45) is 5.92 Å². The molecular weight excluding hydrogens is 190 g/mol. The molecule has 4 heteroatoms. The second-order valence-corrected chi connectivity index (χ2v) is 4.49. The van der Waals surface area contributed by atoms with Crippen molar-refractivity contribution >= 4 is 5.82 Å². The van der Waals surface area contributed by atoms with E-state index in [0.717, 1.165) is 19.4 Å². The highest BCUT2D eigenvalue weighted by Crippen LogP contribution is 2.33. The van der Waals surface area contributed by atoms with Gasteiger partial charge in [0.05, 0.1) is 0 Å². The summed E-state index contributed by atoms with van der Waals surface area (Å²) >= 11 is 0. The van der Waals surface area contributed by atoms with Gasteiger partial charge in [0.15, 0.2) is 5.82 Å². The van der Waals surface area contributed by atoms with E-state index in [0.29, 0.717) is 17.8 Å². The number of aromatic nitrogens is 2. The average molecular weight is 207 g/mol. The molecule has 1 aliphatic rings. The molecule has 1 aromatic rings. The van der Waals surface area contributed by atoms with Crippen LogP contribution in [0, 0.1) is 5.92 Å². The quantitative estimate of drug-likeness (QED) is 0.816. The first-order chi connectivity index (χ1) is 7.18. The SMILES string of the molecule is CC(C)CNc1nccn(C2CC2)c1=O. The van der Waals surface area contributed by atoms with E-state index in [1.54, 1.807) is 17.0 Å². The predicted octanol–water partition coefficient (Wildman–Crippen LogP) is 1.65. The fraction of sp³-hybridized carbons (Fsp3) is 0.636. The van der Waals surface area contributed by atoms with Crippen LogP contribution in [0.1, 0.15) is 32.7 Å². The zero-order valence-corrected chi connectivity index (χ0v) is 9.23. The van der Waals surface area contributed by atoms with Crippen molar-refractivity contribution in [1.29, 1.82) is 0 Å². The summed E-state index contributed by atoms with van der Waals surface area (Å²) in [5.74, 6) is 0.999. The molecule has 0 amide bonds. The summed E-state index contributed by atoms with van der Waals surface area (Å²) in [6.07, 6.45) is 5.71. The molecule has 1 fully saturated rings. The Morgan fingerprint density at radius 2 is 2.33 bits per heavy atom. The summed E-state index contributed by atoms with van der Waals surface area (Å²) in [6.45, 7) is 5.00. The van der Waals surface area contributed by atoms with E-state index in [4.69, 9.17) is 0 Å². The fourth-order valence-electron chi connectivity index (χ4n) is 1.49. The minimum Gasteiger partial charge on any atom is -0.365 e. The van der Waals surface area contributed by atoms with E-state index in [9.17, 15) is 4.79 Å². The van der Waals surface area contributed by atoms with Crippen LogP contribution < -0.4 is 10.9 Å². The summed E-state index contributed by atoms with van der Waals surface area (Å²) < 4.78 is 1.79. The highest BCUT2D eigenvalue weighted by molar-refractivity contribution is 5.31. The molecule has 0 bridgehead atoms. The van der Waals surface area contributed by atoms with E-state index >= 15 is 0 Å². The molecule has 2 rings (SSSR count). The maximum atomic E-state index is 11.9. The van der Waals surface area contributed by atoms with Gasteiger partial charge in [0.2, 0.25) is 0 Å². The summed E-state index contributed by atoms with van der Waals surface area (Å²) in [7, 11) is 0. The van der Waals surface area contributed by atoms with Gasteiger partial charge in [0.25, 0.3) is 5.56 Å². The largest absolute Gasteiger partial charge is 0.365 e. The lowest BCUT2D eigenvalue weighted by atomic mass is 10.2. The molecule has 0 saturated heterocycles. The van der Waals surface area contributed by atoms with Gasteiger partial charge in [-0.15, -0.1) is 0 Å². The molecule has 0 atom stereocenters. The lowest BCUT2D eigenvalue weighted by Gasteiger charge is -2.09. The molecule has 1 heterocycles. The Morgan fingerprint density at radius 3 is 2.93 bits per heavy atom. The monoisotopic (exact) mass is 207 g/mol. The Bertz CT molecular complexity index is 393. The number of hydrogen-bond acceptors (Lipinski definition) is 3. The molecule has 0 aromatic carbocycles. The molecule has 4 nitrogen and oxygen atoms in total. The van der Waals surface area contributed by atoms with Crippen LogP contribution in [-0.2, 0) is 0 Å². The van der Waals surface area contributed by atoms with Crippen LogP contribution in [-0.4, -0.2) is 16.1 Å². The second-order valence-electron chi connectivity index (χ2n) is 4.49. The maximum absolute atomic E-state index is 11.9. The molecule has 82 valence electrons. The summed E-state index contributed by atoms with van der Waals surface area (Å²) in [5, 5.41) is 3.09. The lowest BCUT2D eigenvalue weighted by Crippen LogP contribution is -2.25. The van der Waals surface area contributed by atoms with E-state index in [-0.39, 0.29) is 5.56 Å². The number of nitrogens with zero attached hydrogens (tertiary/aromatic N) is 2. The zero-order chi connectivity index (χ0) is 10.8. The number of anilines is 1. The first-order valence-electron chi connectivity index (χ1n) is 5.49. The summed E-state index contributed by atoms with van der Waals surface area (Å²) in [6, 6.07) is 0.417. The van der Waals surface area contributed by atoms with Crippen LogP contribution in [0.2, 0.25) is 0 Å². The molecule has 0 spiro atoms. The normalized spacial score (nSPS) is 15.7. The molecule has 0 unspecified atom stereocenters. The summed E-state index contributed by atoms with van der Waals surface area (Å²) in [5.41, 5.74) is 0.0145. The van der Waals surface area contributed by atoms with Crippen LogP contribution in [0.15, 0.2) is 17.2 Å². The third kappa shape index (κ3) is 2.37. The third-order valence-corrected chi connectivity index (χ3v) is 2.49. The van der Waals surface area contributed by atoms with Gasteiger partial charge < -0.3 is 9.88 Å². The summed E-state index contributed by atoms with van der Waals surface area (Å²) in [4.78, 5) is 16.0. The van der Waals surface area contributed by atoms with E-state index in [1.807, 2.05) is 0 Å². The highest BCUT2D eigenvalue weighted by atomic mass is 16.1. The van der Waals surface area contributed by atoms with Crippen LogP contribution in [0.3, 0.4) is 0 Å². The van der Waals surface area contributed by atoms with Crippen LogP contribution in [0.25, 0.3) is 0 Å². The van der Waals surface area contributed by atoms with Gasteiger partial charge in [-0.3, -0.25) is 4.79 Å². The molecular formula is C11H17N3O. The van der Waals surface area contributed by atoms with Gasteiger partial charge in [0.1, 0.15) is 0 Å². The molecule has 15 heavy (non-hydrogen) atoms. The predicted molar refractivity (Wildman–Crippen MR) is 60.1 cm³/mol. The average Bonchev–Trinajstić information content (AvgIpc) is 2.99. The molecule has 1 aliphatic carbocycles. The van der Waals surface area contributed by atoms with Crippen molar-refractivity contribution in [3.05, 3.63) is 22.7 Å². The van der Waals surface area contributed by atoms with E-state index in [2.05, 4.69) is 24.1 Å². The first-order valence-corrected chi connectivity index (χ1v) is 5.49. The van der Waals surface area contributed by atoms with Crippen molar-refractivity contribution in [2.75, 3.05) is 11.9 Å². The Kier molecular flexibility index (Phi) is 2.75. The van der Waals surface area contributed by atoms with Gasteiger partial charge in [0, 0.05) is 25.0 Å². The van der Waals surface area contributed by atoms with Gasteiger partial charge in [-0.05, 0) is 18.8 Å². The van der Waals surface area contributed by atoms with Crippen molar-refractivity contribution in [1.82, 2.24) is 9.55 Å². The van der Waals surface area contributed by atoms with Gasteiger partial charge in [-0.1, -0.05) is 13.8 Å². The number of rotatable bonds is 4. The Hall–Kier alpha value is -1.32.